The summed E-state index contributed by atoms with van der Waals surface area (Å²) in [5.74, 6) is 0.325. The Hall–Kier alpha value is -2.97. The Labute approximate surface area is 192 Å². The molecule has 4 rings (SSSR count). The summed E-state index contributed by atoms with van der Waals surface area (Å²) in [7, 11) is 1.60. The van der Waals surface area contributed by atoms with Crippen LogP contribution in [0, 0.1) is 0 Å². The molecule has 3 aromatic rings. The number of fused-ring (bicyclic) bond motifs is 1. The van der Waals surface area contributed by atoms with Gasteiger partial charge in [-0.25, -0.2) is 4.99 Å². The van der Waals surface area contributed by atoms with Gasteiger partial charge in [0, 0.05) is 6.54 Å². The van der Waals surface area contributed by atoms with Crippen LogP contribution in [0.2, 0.25) is 0 Å². The Kier molecular flexibility index (Phi) is 6.48. The van der Waals surface area contributed by atoms with Crippen molar-refractivity contribution < 1.29 is 14.3 Å². The standard InChI is InChI=1S/C23H20BrN3O3S/c1-30-16-6-4-5-15(11-16)13-25-22(28)14-27-19-8-3-2-7-17(19)26-18(12-23(27)29)20-9-10-21(24)31-20/h2-11H,12-14H2,1H3,(H,25,28). The molecule has 0 saturated heterocycles. The average molecular weight is 498 g/mol. The number of amides is 2. The van der Waals surface area contributed by atoms with Crippen molar-refractivity contribution in [2.75, 3.05) is 18.6 Å². The lowest BCUT2D eigenvalue weighted by atomic mass is 10.2. The first-order valence-corrected chi connectivity index (χ1v) is 11.3. The van der Waals surface area contributed by atoms with Crippen LogP contribution in [0.15, 0.2) is 69.4 Å². The summed E-state index contributed by atoms with van der Waals surface area (Å²) < 4.78 is 6.19. The molecule has 2 amide bonds. The molecule has 0 atom stereocenters. The van der Waals surface area contributed by atoms with E-state index in [1.54, 1.807) is 7.11 Å². The van der Waals surface area contributed by atoms with Crippen LogP contribution in [0.1, 0.15) is 16.9 Å². The second-order valence-corrected chi connectivity index (χ2v) is 9.40. The fourth-order valence-corrected chi connectivity index (χ4v) is 4.69. The fourth-order valence-electron chi connectivity index (χ4n) is 3.31. The maximum Gasteiger partial charge on any atom is 0.240 e. The third-order valence-electron chi connectivity index (χ3n) is 4.83. The van der Waals surface area contributed by atoms with Gasteiger partial charge in [-0.15, -0.1) is 11.3 Å². The summed E-state index contributed by atoms with van der Waals surface area (Å²) in [5.41, 5.74) is 2.93. The van der Waals surface area contributed by atoms with E-state index < -0.39 is 0 Å². The minimum absolute atomic E-state index is 0.0727. The summed E-state index contributed by atoms with van der Waals surface area (Å²) in [4.78, 5) is 33.0. The largest absolute Gasteiger partial charge is 0.497 e. The van der Waals surface area contributed by atoms with Gasteiger partial charge in [0.25, 0.3) is 0 Å². The zero-order valence-corrected chi connectivity index (χ0v) is 19.2. The van der Waals surface area contributed by atoms with E-state index in [4.69, 9.17) is 9.73 Å². The minimum atomic E-state index is -0.242. The maximum atomic E-state index is 13.1. The van der Waals surface area contributed by atoms with Crippen LogP contribution < -0.4 is 15.0 Å². The van der Waals surface area contributed by atoms with Crippen molar-refractivity contribution in [1.82, 2.24) is 5.32 Å². The normalized spacial score (nSPS) is 13.3. The lowest BCUT2D eigenvalue weighted by Crippen LogP contribution is -2.40. The van der Waals surface area contributed by atoms with Crippen LogP contribution >= 0.6 is 27.3 Å². The molecule has 1 aliphatic heterocycles. The Morgan fingerprint density at radius 1 is 1.19 bits per heavy atom. The highest BCUT2D eigenvalue weighted by molar-refractivity contribution is 9.11. The van der Waals surface area contributed by atoms with Gasteiger partial charge in [-0.3, -0.25) is 9.59 Å². The maximum absolute atomic E-state index is 13.1. The van der Waals surface area contributed by atoms with Gasteiger partial charge < -0.3 is 15.0 Å². The number of carbonyl (C=O) groups excluding carboxylic acids is 2. The number of para-hydroxylation sites is 2. The van der Waals surface area contributed by atoms with Gasteiger partial charge in [0.05, 0.1) is 39.3 Å². The van der Waals surface area contributed by atoms with Gasteiger partial charge in [0.1, 0.15) is 12.3 Å². The molecule has 1 aliphatic rings. The van der Waals surface area contributed by atoms with Gasteiger partial charge in [-0.1, -0.05) is 24.3 Å². The van der Waals surface area contributed by atoms with Crippen molar-refractivity contribution in [2.45, 2.75) is 13.0 Å². The van der Waals surface area contributed by atoms with Gasteiger partial charge in [0.2, 0.25) is 11.8 Å². The predicted octanol–water partition coefficient (Wildman–Crippen LogP) is 4.69. The molecule has 31 heavy (non-hydrogen) atoms. The molecule has 2 aromatic carbocycles. The van der Waals surface area contributed by atoms with Crippen molar-refractivity contribution in [3.05, 3.63) is 74.9 Å². The Morgan fingerprint density at radius 3 is 2.81 bits per heavy atom. The molecule has 1 aromatic heterocycles. The number of aliphatic imine (C=N–C) groups is 1. The van der Waals surface area contributed by atoms with Crippen molar-refractivity contribution in [2.24, 2.45) is 4.99 Å². The molecule has 6 nitrogen and oxygen atoms in total. The lowest BCUT2D eigenvalue weighted by molar-refractivity contribution is -0.123. The van der Waals surface area contributed by atoms with Gasteiger partial charge in [-0.2, -0.15) is 0 Å². The van der Waals surface area contributed by atoms with E-state index in [0.29, 0.717) is 23.6 Å². The highest BCUT2D eigenvalue weighted by Gasteiger charge is 2.27. The number of anilines is 1. The number of thiophene rings is 1. The van der Waals surface area contributed by atoms with E-state index >= 15 is 0 Å². The molecule has 1 N–H and O–H groups in total. The van der Waals surface area contributed by atoms with Crippen molar-refractivity contribution in [3.63, 3.8) is 0 Å². The molecule has 0 radical (unpaired) electrons. The third-order valence-corrected chi connectivity index (χ3v) is 6.50. The molecular weight excluding hydrogens is 478 g/mol. The zero-order chi connectivity index (χ0) is 21.8. The number of nitrogens with one attached hydrogen (secondary N) is 1. The van der Waals surface area contributed by atoms with Crippen molar-refractivity contribution in [3.8, 4) is 5.75 Å². The number of rotatable bonds is 6. The van der Waals surface area contributed by atoms with Crippen molar-refractivity contribution in [1.29, 1.82) is 0 Å². The van der Waals surface area contributed by atoms with Gasteiger partial charge >= 0.3 is 0 Å². The van der Waals surface area contributed by atoms with Crippen LogP contribution in [0.4, 0.5) is 11.4 Å². The summed E-state index contributed by atoms with van der Waals surface area (Å²) in [6.07, 6.45) is 0.130. The number of nitrogens with zero attached hydrogens (tertiary/aromatic N) is 2. The number of methoxy groups -OCH3 is 1. The second-order valence-electron chi connectivity index (χ2n) is 6.94. The topological polar surface area (TPSA) is 71.0 Å². The smallest absolute Gasteiger partial charge is 0.240 e. The van der Waals surface area contributed by atoms with Crippen LogP contribution in [0.25, 0.3) is 0 Å². The van der Waals surface area contributed by atoms with E-state index in [1.165, 1.54) is 16.2 Å². The van der Waals surface area contributed by atoms with E-state index in [0.717, 1.165) is 20.0 Å². The zero-order valence-electron chi connectivity index (χ0n) is 16.8. The highest BCUT2D eigenvalue weighted by Crippen LogP contribution is 2.34. The van der Waals surface area contributed by atoms with Gasteiger partial charge in [0.15, 0.2) is 0 Å². The van der Waals surface area contributed by atoms with E-state index in [2.05, 4.69) is 21.2 Å². The highest BCUT2D eigenvalue weighted by atomic mass is 79.9. The second kappa shape index (κ2) is 9.45. The number of ether oxygens (including phenoxy) is 1. The van der Waals surface area contributed by atoms with Gasteiger partial charge in [-0.05, 0) is 57.9 Å². The minimum Gasteiger partial charge on any atom is -0.497 e. The lowest BCUT2D eigenvalue weighted by Gasteiger charge is -2.22. The first kappa shape index (κ1) is 21.3. The van der Waals surface area contributed by atoms with E-state index in [-0.39, 0.29) is 24.8 Å². The molecule has 158 valence electrons. The molecule has 0 saturated carbocycles. The van der Waals surface area contributed by atoms with Crippen LogP contribution in [-0.2, 0) is 16.1 Å². The van der Waals surface area contributed by atoms with Crippen molar-refractivity contribution >= 4 is 56.2 Å². The SMILES string of the molecule is COc1cccc(CNC(=O)CN2C(=O)CC(c3ccc(Br)s3)=Nc3ccccc32)c1. The average Bonchev–Trinajstić information content (AvgIpc) is 3.16. The Bertz CT molecular complexity index is 1160. The predicted molar refractivity (Wildman–Crippen MR) is 126 cm³/mol. The summed E-state index contributed by atoms with van der Waals surface area (Å²) in [5, 5.41) is 2.89. The number of hydrogen-bond acceptors (Lipinski definition) is 5. The molecule has 8 heteroatoms. The molecule has 0 bridgehead atoms. The Morgan fingerprint density at radius 2 is 2.03 bits per heavy atom. The Balaban J connectivity index is 1.51. The molecule has 0 unspecified atom stereocenters. The molecule has 2 heterocycles. The monoisotopic (exact) mass is 497 g/mol. The first-order chi connectivity index (χ1) is 15.0. The first-order valence-electron chi connectivity index (χ1n) is 9.66. The number of carbonyl (C=O) groups is 2. The number of benzene rings is 2. The quantitative estimate of drug-likeness (QED) is 0.536. The molecule has 0 fully saturated rings. The van der Waals surface area contributed by atoms with E-state index in [1.807, 2.05) is 60.7 Å². The molecule has 0 aliphatic carbocycles. The van der Waals surface area contributed by atoms with Crippen LogP contribution in [0.3, 0.4) is 0 Å². The van der Waals surface area contributed by atoms with Crippen LogP contribution in [-0.4, -0.2) is 31.2 Å². The number of halogens is 1. The van der Waals surface area contributed by atoms with E-state index in [9.17, 15) is 9.59 Å². The summed E-state index contributed by atoms with van der Waals surface area (Å²) in [6.45, 7) is 0.279. The summed E-state index contributed by atoms with van der Waals surface area (Å²) >= 11 is 4.99. The molecule has 0 spiro atoms. The summed E-state index contributed by atoms with van der Waals surface area (Å²) in [6, 6.07) is 18.8. The molecular formula is C23H20BrN3O3S. The third kappa shape index (κ3) is 5.03. The number of hydrogen-bond donors (Lipinski definition) is 1. The fraction of sp³-hybridized carbons (Fsp3) is 0.174. The van der Waals surface area contributed by atoms with Crippen LogP contribution in [0.5, 0.6) is 5.75 Å².